The molecule has 1 aromatic heterocycles. The highest BCUT2D eigenvalue weighted by atomic mass is 16.3. The maximum Gasteiger partial charge on any atom is 0.256 e. The summed E-state index contributed by atoms with van der Waals surface area (Å²) < 4.78 is 0. The standard InChI is InChI=1S/C24H28N2O2/c1-23(2,3)17-13-16(14-18(21(17)27)24(4,5)6)22(28)26-20-12-11-15-9-7-8-10-19(15)25-20/h7-14,27H,1-6H3,(H,25,26,28). The molecule has 0 spiro atoms. The highest BCUT2D eigenvalue weighted by molar-refractivity contribution is 6.04. The Bertz CT molecular complexity index is 1010. The molecule has 0 radical (unpaired) electrons. The van der Waals surface area contributed by atoms with Gasteiger partial charge in [0.05, 0.1) is 5.52 Å². The number of hydrogen-bond donors (Lipinski definition) is 2. The lowest BCUT2D eigenvalue weighted by Gasteiger charge is -2.28. The second-order valence-electron chi connectivity index (χ2n) is 9.26. The van der Waals surface area contributed by atoms with Crippen molar-refractivity contribution in [2.45, 2.75) is 52.4 Å². The SMILES string of the molecule is CC(C)(C)c1cc(C(=O)Nc2ccc3ccccc3n2)cc(C(C)(C)C)c1O. The minimum Gasteiger partial charge on any atom is -0.507 e. The highest BCUT2D eigenvalue weighted by Gasteiger charge is 2.27. The number of aromatic hydroxyl groups is 1. The first kappa shape index (κ1) is 19.9. The van der Waals surface area contributed by atoms with E-state index in [9.17, 15) is 9.90 Å². The minimum atomic E-state index is -0.290. The molecule has 146 valence electrons. The fraction of sp³-hybridized carbons (Fsp3) is 0.333. The van der Waals surface area contributed by atoms with E-state index in [1.54, 1.807) is 18.2 Å². The van der Waals surface area contributed by atoms with Crippen molar-refractivity contribution < 1.29 is 9.90 Å². The van der Waals surface area contributed by atoms with Gasteiger partial charge in [-0.1, -0.05) is 59.7 Å². The minimum absolute atomic E-state index is 0.237. The van der Waals surface area contributed by atoms with Crippen LogP contribution >= 0.6 is 0 Å². The molecule has 0 aliphatic rings. The molecule has 4 nitrogen and oxygen atoms in total. The Morgan fingerprint density at radius 2 is 1.46 bits per heavy atom. The predicted octanol–water partition coefficient (Wildman–Crippen LogP) is 5.79. The molecule has 3 rings (SSSR count). The van der Waals surface area contributed by atoms with Crippen molar-refractivity contribution in [2.75, 3.05) is 5.32 Å². The van der Waals surface area contributed by atoms with E-state index in [0.717, 1.165) is 22.0 Å². The summed E-state index contributed by atoms with van der Waals surface area (Å²) in [5.41, 5.74) is 2.29. The molecule has 4 heteroatoms. The summed E-state index contributed by atoms with van der Waals surface area (Å²) in [7, 11) is 0. The Morgan fingerprint density at radius 3 is 2.04 bits per heavy atom. The molecule has 28 heavy (non-hydrogen) atoms. The first-order chi connectivity index (χ1) is 13.0. The first-order valence-corrected chi connectivity index (χ1v) is 9.52. The average Bonchev–Trinajstić information content (AvgIpc) is 2.59. The number of carbonyl (C=O) groups excluding carboxylic acids is 1. The number of fused-ring (bicyclic) bond motifs is 1. The molecule has 0 saturated heterocycles. The number of pyridine rings is 1. The largest absolute Gasteiger partial charge is 0.507 e. The molecule has 0 unspecified atom stereocenters. The molecule has 0 fully saturated rings. The van der Waals surface area contributed by atoms with Crippen LogP contribution in [0.3, 0.4) is 0 Å². The maximum absolute atomic E-state index is 13.0. The molecular weight excluding hydrogens is 348 g/mol. The number of anilines is 1. The van der Waals surface area contributed by atoms with Gasteiger partial charge in [0.15, 0.2) is 0 Å². The van der Waals surface area contributed by atoms with Gasteiger partial charge in [0, 0.05) is 22.1 Å². The van der Waals surface area contributed by atoms with E-state index in [-0.39, 0.29) is 22.5 Å². The summed E-state index contributed by atoms with van der Waals surface area (Å²) in [4.78, 5) is 17.5. The Hall–Kier alpha value is -2.88. The van der Waals surface area contributed by atoms with Crippen molar-refractivity contribution in [3.8, 4) is 5.75 Å². The summed E-state index contributed by atoms with van der Waals surface area (Å²) in [6.07, 6.45) is 0. The molecule has 0 aliphatic carbocycles. The van der Waals surface area contributed by atoms with E-state index < -0.39 is 0 Å². The van der Waals surface area contributed by atoms with Crippen LogP contribution in [-0.4, -0.2) is 16.0 Å². The van der Waals surface area contributed by atoms with E-state index in [1.807, 2.05) is 71.9 Å². The zero-order valence-electron chi connectivity index (χ0n) is 17.4. The third-order valence-corrected chi connectivity index (χ3v) is 4.83. The van der Waals surface area contributed by atoms with Crippen LogP contribution in [0, 0.1) is 0 Å². The quantitative estimate of drug-likeness (QED) is 0.595. The number of nitrogens with zero attached hydrogens (tertiary/aromatic N) is 1. The zero-order chi connectivity index (χ0) is 20.7. The number of amides is 1. The number of nitrogens with one attached hydrogen (secondary N) is 1. The predicted molar refractivity (Wildman–Crippen MR) is 115 cm³/mol. The van der Waals surface area contributed by atoms with Gasteiger partial charge < -0.3 is 10.4 Å². The number of aromatic nitrogens is 1. The summed E-state index contributed by atoms with van der Waals surface area (Å²) in [5.74, 6) is 0.533. The van der Waals surface area contributed by atoms with Crippen molar-refractivity contribution >= 4 is 22.6 Å². The molecular formula is C24H28N2O2. The molecule has 1 amide bonds. The Labute approximate surface area is 166 Å². The molecule has 0 bridgehead atoms. The van der Waals surface area contributed by atoms with Gasteiger partial charge in [-0.2, -0.15) is 0 Å². The summed E-state index contributed by atoms with van der Waals surface area (Å²) in [6, 6.07) is 15.1. The van der Waals surface area contributed by atoms with Gasteiger partial charge in [0.2, 0.25) is 0 Å². The Kier molecular flexibility index (Phi) is 4.92. The smallest absolute Gasteiger partial charge is 0.256 e. The molecule has 0 aliphatic heterocycles. The second kappa shape index (κ2) is 6.93. The van der Waals surface area contributed by atoms with E-state index in [0.29, 0.717) is 11.4 Å². The van der Waals surface area contributed by atoms with E-state index in [1.165, 1.54) is 0 Å². The topological polar surface area (TPSA) is 62.2 Å². The van der Waals surface area contributed by atoms with Gasteiger partial charge in [0.25, 0.3) is 5.91 Å². The fourth-order valence-electron chi connectivity index (χ4n) is 3.23. The highest BCUT2D eigenvalue weighted by Crippen LogP contribution is 2.39. The van der Waals surface area contributed by atoms with Crippen LogP contribution in [0.15, 0.2) is 48.5 Å². The Morgan fingerprint density at radius 1 is 0.893 bits per heavy atom. The molecule has 1 heterocycles. The van der Waals surface area contributed by atoms with Crippen LogP contribution in [0.25, 0.3) is 10.9 Å². The van der Waals surface area contributed by atoms with Crippen molar-refractivity contribution in [2.24, 2.45) is 0 Å². The summed E-state index contributed by atoms with van der Waals surface area (Å²) in [5, 5.41) is 14.7. The van der Waals surface area contributed by atoms with Crippen molar-refractivity contribution in [1.82, 2.24) is 4.98 Å². The number of phenolic OH excluding ortho intramolecular Hbond substituents is 1. The second-order valence-corrected chi connectivity index (χ2v) is 9.26. The van der Waals surface area contributed by atoms with Gasteiger partial charge in [0.1, 0.15) is 11.6 Å². The number of benzene rings is 2. The van der Waals surface area contributed by atoms with Gasteiger partial charge in [-0.15, -0.1) is 0 Å². The van der Waals surface area contributed by atoms with Crippen LogP contribution in [0.4, 0.5) is 5.82 Å². The summed E-state index contributed by atoms with van der Waals surface area (Å²) in [6.45, 7) is 12.2. The van der Waals surface area contributed by atoms with Crippen LogP contribution in [0.5, 0.6) is 5.75 Å². The van der Waals surface area contributed by atoms with Crippen LogP contribution in [0.1, 0.15) is 63.0 Å². The number of hydrogen-bond acceptors (Lipinski definition) is 3. The monoisotopic (exact) mass is 376 g/mol. The average molecular weight is 377 g/mol. The Balaban J connectivity index is 2.02. The lowest BCUT2D eigenvalue weighted by molar-refractivity contribution is 0.102. The van der Waals surface area contributed by atoms with Crippen LogP contribution < -0.4 is 5.32 Å². The fourth-order valence-corrected chi connectivity index (χ4v) is 3.23. The van der Waals surface area contributed by atoms with E-state index in [4.69, 9.17) is 0 Å². The van der Waals surface area contributed by atoms with E-state index >= 15 is 0 Å². The lowest BCUT2D eigenvalue weighted by atomic mass is 9.78. The van der Waals surface area contributed by atoms with Crippen molar-refractivity contribution in [3.05, 3.63) is 65.2 Å². The van der Waals surface area contributed by atoms with E-state index in [2.05, 4.69) is 10.3 Å². The molecule has 2 aromatic carbocycles. The number of carbonyl (C=O) groups is 1. The zero-order valence-corrected chi connectivity index (χ0v) is 17.4. The van der Waals surface area contributed by atoms with Crippen molar-refractivity contribution in [3.63, 3.8) is 0 Å². The van der Waals surface area contributed by atoms with Crippen molar-refractivity contribution in [1.29, 1.82) is 0 Å². The molecule has 0 atom stereocenters. The third-order valence-electron chi connectivity index (χ3n) is 4.83. The molecule has 2 N–H and O–H groups in total. The van der Waals surface area contributed by atoms with Crippen LogP contribution in [-0.2, 0) is 10.8 Å². The normalized spacial score (nSPS) is 12.2. The lowest BCUT2D eigenvalue weighted by Crippen LogP contribution is -2.21. The van der Waals surface area contributed by atoms with Gasteiger partial charge in [-0.05, 0) is 41.2 Å². The molecule has 0 saturated carbocycles. The van der Waals surface area contributed by atoms with Crippen LogP contribution in [0.2, 0.25) is 0 Å². The van der Waals surface area contributed by atoms with Gasteiger partial charge in [-0.25, -0.2) is 4.98 Å². The number of rotatable bonds is 2. The maximum atomic E-state index is 13.0. The first-order valence-electron chi connectivity index (χ1n) is 9.52. The molecule has 3 aromatic rings. The summed E-state index contributed by atoms with van der Waals surface area (Å²) >= 11 is 0. The van der Waals surface area contributed by atoms with Gasteiger partial charge in [-0.3, -0.25) is 4.79 Å². The number of para-hydroxylation sites is 1. The number of phenols is 1. The van der Waals surface area contributed by atoms with Gasteiger partial charge >= 0.3 is 0 Å². The third kappa shape index (κ3) is 4.01.